The van der Waals surface area contributed by atoms with Gasteiger partial charge in [-0.05, 0) is 43.7 Å². The number of benzene rings is 1. The molecule has 0 saturated carbocycles. The second-order valence-corrected chi connectivity index (χ2v) is 7.85. The summed E-state index contributed by atoms with van der Waals surface area (Å²) < 4.78 is 13.6. The first kappa shape index (κ1) is 20.3. The smallest absolute Gasteiger partial charge is 0.254 e. The SMILES string of the molecule is CC1CCCN(C(=O)C2CCN(C(=O)CNC(=O)c3ccccc3F)CC2)C1. The molecule has 2 heterocycles. The van der Waals surface area contributed by atoms with E-state index in [1.54, 1.807) is 11.0 Å². The Kier molecular flexibility index (Phi) is 6.65. The summed E-state index contributed by atoms with van der Waals surface area (Å²) in [5, 5.41) is 2.48. The molecule has 6 nitrogen and oxygen atoms in total. The van der Waals surface area contributed by atoms with Gasteiger partial charge in [0.2, 0.25) is 11.8 Å². The van der Waals surface area contributed by atoms with Crippen LogP contribution in [0.1, 0.15) is 43.0 Å². The molecule has 28 heavy (non-hydrogen) atoms. The van der Waals surface area contributed by atoms with Crippen molar-refractivity contribution in [1.29, 1.82) is 0 Å². The van der Waals surface area contributed by atoms with Crippen LogP contribution in [0, 0.1) is 17.7 Å². The van der Waals surface area contributed by atoms with Gasteiger partial charge in [-0.2, -0.15) is 0 Å². The van der Waals surface area contributed by atoms with Gasteiger partial charge in [0.1, 0.15) is 5.82 Å². The van der Waals surface area contributed by atoms with Crippen molar-refractivity contribution in [3.05, 3.63) is 35.6 Å². The van der Waals surface area contributed by atoms with Crippen molar-refractivity contribution in [2.75, 3.05) is 32.7 Å². The summed E-state index contributed by atoms with van der Waals surface area (Å²) in [6.45, 7) is 4.69. The third kappa shape index (κ3) is 4.88. The van der Waals surface area contributed by atoms with Crippen LogP contribution in [-0.2, 0) is 9.59 Å². The van der Waals surface area contributed by atoms with Crippen molar-refractivity contribution in [1.82, 2.24) is 15.1 Å². The Morgan fingerprint density at radius 2 is 1.79 bits per heavy atom. The first-order chi connectivity index (χ1) is 13.5. The highest BCUT2D eigenvalue weighted by Gasteiger charge is 2.31. The molecule has 0 bridgehead atoms. The second-order valence-electron chi connectivity index (χ2n) is 7.85. The lowest BCUT2D eigenvalue weighted by atomic mass is 9.92. The van der Waals surface area contributed by atoms with Gasteiger partial charge in [0.25, 0.3) is 5.91 Å². The van der Waals surface area contributed by atoms with Gasteiger partial charge in [0.05, 0.1) is 12.1 Å². The van der Waals surface area contributed by atoms with Gasteiger partial charge in [0, 0.05) is 32.1 Å². The Balaban J connectivity index is 1.44. The average Bonchev–Trinajstić information content (AvgIpc) is 2.71. The minimum atomic E-state index is -0.612. The molecule has 152 valence electrons. The fraction of sp³-hybridized carbons (Fsp3) is 0.571. The molecule has 2 fully saturated rings. The van der Waals surface area contributed by atoms with Gasteiger partial charge in [-0.15, -0.1) is 0 Å². The summed E-state index contributed by atoms with van der Waals surface area (Å²) in [7, 11) is 0. The van der Waals surface area contributed by atoms with E-state index in [-0.39, 0.29) is 29.8 Å². The van der Waals surface area contributed by atoms with E-state index >= 15 is 0 Å². The van der Waals surface area contributed by atoms with Crippen LogP contribution in [-0.4, -0.2) is 60.2 Å². The molecule has 2 aliphatic rings. The third-order valence-corrected chi connectivity index (χ3v) is 5.68. The molecule has 0 radical (unpaired) electrons. The molecule has 1 aromatic rings. The molecule has 1 unspecified atom stereocenters. The molecule has 0 aliphatic carbocycles. The zero-order valence-electron chi connectivity index (χ0n) is 16.3. The first-order valence-corrected chi connectivity index (χ1v) is 10.0. The van der Waals surface area contributed by atoms with E-state index in [4.69, 9.17) is 0 Å². The summed E-state index contributed by atoms with van der Waals surface area (Å²) in [6, 6.07) is 5.67. The van der Waals surface area contributed by atoms with Crippen LogP contribution in [0.25, 0.3) is 0 Å². The molecule has 1 aromatic carbocycles. The summed E-state index contributed by atoms with van der Waals surface area (Å²) >= 11 is 0. The molecule has 3 rings (SSSR count). The van der Waals surface area contributed by atoms with Crippen molar-refractivity contribution in [2.24, 2.45) is 11.8 Å². The zero-order chi connectivity index (χ0) is 20.1. The Labute approximate surface area is 165 Å². The Morgan fingerprint density at radius 1 is 1.07 bits per heavy atom. The van der Waals surface area contributed by atoms with Crippen LogP contribution < -0.4 is 5.32 Å². The summed E-state index contributed by atoms with van der Waals surface area (Å²) in [4.78, 5) is 40.7. The number of nitrogens with one attached hydrogen (secondary N) is 1. The first-order valence-electron chi connectivity index (χ1n) is 10.0. The topological polar surface area (TPSA) is 69.7 Å². The molecular weight excluding hydrogens is 361 g/mol. The number of carbonyl (C=O) groups is 3. The quantitative estimate of drug-likeness (QED) is 0.857. The minimum Gasteiger partial charge on any atom is -0.343 e. The maximum Gasteiger partial charge on any atom is 0.254 e. The molecule has 1 N–H and O–H groups in total. The van der Waals surface area contributed by atoms with E-state index in [0.29, 0.717) is 31.8 Å². The number of piperidine rings is 2. The van der Waals surface area contributed by atoms with Gasteiger partial charge < -0.3 is 15.1 Å². The number of hydrogen-bond acceptors (Lipinski definition) is 3. The van der Waals surface area contributed by atoms with E-state index < -0.39 is 11.7 Å². The standard InChI is InChI=1S/C21H28FN3O3/c1-15-5-4-10-25(14-15)21(28)16-8-11-24(12-9-16)19(26)13-23-20(27)17-6-2-3-7-18(17)22/h2-3,6-7,15-16H,4-5,8-14H2,1H3,(H,23,27). The van der Waals surface area contributed by atoms with E-state index in [2.05, 4.69) is 12.2 Å². The van der Waals surface area contributed by atoms with Gasteiger partial charge in [-0.1, -0.05) is 19.1 Å². The maximum absolute atomic E-state index is 13.6. The van der Waals surface area contributed by atoms with Crippen LogP contribution in [0.3, 0.4) is 0 Å². The number of amides is 3. The van der Waals surface area contributed by atoms with Crippen LogP contribution >= 0.6 is 0 Å². The normalized spacial score (nSPS) is 20.7. The highest BCUT2D eigenvalue weighted by molar-refractivity contribution is 5.96. The largest absolute Gasteiger partial charge is 0.343 e. The van der Waals surface area contributed by atoms with E-state index in [0.717, 1.165) is 19.5 Å². The fourth-order valence-electron chi connectivity index (χ4n) is 4.03. The van der Waals surface area contributed by atoms with Gasteiger partial charge in [-0.25, -0.2) is 4.39 Å². The van der Waals surface area contributed by atoms with Crippen molar-refractivity contribution >= 4 is 17.7 Å². The Bertz CT molecular complexity index is 731. The molecule has 0 aromatic heterocycles. The van der Waals surface area contributed by atoms with Crippen LogP contribution in [0.5, 0.6) is 0 Å². The number of halogens is 1. The predicted octanol–water partition coefficient (Wildman–Crippen LogP) is 2.05. The number of carbonyl (C=O) groups excluding carboxylic acids is 3. The Hall–Kier alpha value is -2.44. The van der Waals surface area contributed by atoms with Crippen LogP contribution in [0.4, 0.5) is 4.39 Å². The molecule has 2 aliphatic heterocycles. The van der Waals surface area contributed by atoms with Crippen LogP contribution in [0.2, 0.25) is 0 Å². The average molecular weight is 389 g/mol. The molecule has 0 spiro atoms. The summed E-state index contributed by atoms with van der Waals surface area (Å²) in [5.41, 5.74) is -0.0737. The number of likely N-dealkylation sites (tertiary alicyclic amines) is 2. The number of hydrogen-bond donors (Lipinski definition) is 1. The Morgan fingerprint density at radius 3 is 2.46 bits per heavy atom. The lowest BCUT2D eigenvalue weighted by Crippen LogP contribution is -2.48. The van der Waals surface area contributed by atoms with Gasteiger partial charge in [0.15, 0.2) is 0 Å². The molecule has 3 amide bonds. The summed E-state index contributed by atoms with van der Waals surface area (Å²) in [5.74, 6) is -0.678. The number of rotatable bonds is 4. The predicted molar refractivity (Wildman–Crippen MR) is 103 cm³/mol. The highest BCUT2D eigenvalue weighted by Crippen LogP contribution is 2.23. The number of nitrogens with zero attached hydrogens (tertiary/aromatic N) is 2. The maximum atomic E-state index is 13.6. The second kappa shape index (κ2) is 9.17. The van der Waals surface area contributed by atoms with Crippen molar-refractivity contribution in [3.63, 3.8) is 0 Å². The lowest BCUT2D eigenvalue weighted by Gasteiger charge is -2.37. The van der Waals surface area contributed by atoms with E-state index in [1.165, 1.54) is 24.6 Å². The minimum absolute atomic E-state index is 0.0256. The zero-order valence-corrected chi connectivity index (χ0v) is 16.3. The monoisotopic (exact) mass is 389 g/mol. The summed E-state index contributed by atoms with van der Waals surface area (Å²) in [6.07, 6.45) is 3.54. The van der Waals surface area contributed by atoms with Crippen molar-refractivity contribution in [2.45, 2.75) is 32.6 Å². The lowest BCUT2D eigenvalue weighted by molar-refractivity contribution is -0.141. The van der Waals surface area contributed by atoms with Crippen LogP contribution in [0.15, 0.2) is 24.3 Å². The van der Waals surface area contributed by atoms with Gasteiger partial charge in [-0.3, -0.25) is 14.4 Å². The molecule has 1 atom stereocenters. The van der Waals surface area contributed by atoms with Crippen molar-refractivity contribution < 1.29 is 18.8 Å². The molecule has 2 saturated heterocycles. The fourth-order valence-corrected chi connectivity index (χ4v) is 4.03. The molecular formula is C21H28FN3O3. The van der Waals surface area contributed by atoms with E-state index in [1.807, 2.05) is 4.90 Å². The third-order valence-electron chi connectivity index (χ3n) is 5.68. The highest BCUT2D eigenvalue weighted by atomic mass is 19.1. The van der Waals surface area contributed by atoms with E-state index in [9.17, 15) is 18.8 Å². The molecule has 7 heteroatoms. The van der Waals surface area contributed by atoms with Gasteiger partial charge >= 0.3 is 0 Å². The van der Waals surface area contributed by atoms with Crippen molar-refractivity contribution in [3.8, 4) is 0 Å².